The lowest BCUT2D eigenvalue weighted by Crippen LogP contribution is -2.08. The molecule has 0 amide bonds. The zero-order valence-electron chi connectivity index (χ0n) is 11.6. The average molecular weight is 245 g/mol. The number of aromatic nitrogens is 4. The van der Waals surface area contributed by atoms with Gasteiger partial charge in [0.15, 0.2) is 5.82 Å². The van der Waals surface area contributed by atoms with Gasteiger partial charge in [0, 0.05) is 24.5 Å². The zero-order chi connectivity index (χ0) is 13.3. The summed E-state index contributed by atoms with van der Waals surface area (Å²) in [6.45, 7) is 8.27. The first-order valence-electron chi connectivity index (χ1n) is 6.15. The second-order valence-corrected chi connectivity index (χ2v) is 4.36. The Bertz CT molecular complexity index is 571. The molecule has 18 heavy (non-hydrogen) atoms. The molecule has 5 nitrogen and oxygen atoms in total. The molecule has 2 heterocycles. The molecule has 0 spiro atoms. The molecule has 0 radical (unpaired) electrons. The predicted molar refractivity (Wildman–Crippen MR) is 72.3 cm³/mol. The fourth-order valence-corrected chi connectivity index (χ4v) is 2.16. The fourth-order valence-electron chi connectivity index (χ4n) is 2.16. The van der Waals surface area contributed by atoms with Gasteiger partial charge in [-0.05, 0) is 32.8 Å². The Morgan fingerprint density at radius 3 is 2.56 bits per heavy atom. The van der Waals surface area contributed by atoms with Crippen molar-refractivity contribution in [1.29, 1.82) is 0 Å². The third kappa shape index (κ3) is 1.96. The van der Waals surface area contributed by atoms with Crippen molar-refractivity contribution < 1.29 is 0 Å². The molecule has 0 bridgehead atoms. The van der Waals surface area contributed by atoms with Crippen LogP contribution in [-0.4, -0.2) is 26.8 Å². The quantitative estimate of drug-likeness (QED) is 0.900. The normalized spacial score (nSPS) is 10.7. The van der Waals surface area contributed by atoms with E-state index in [2.05, 4.69) is 34.2 Å². The maximum Gasteiger partial charge on any atom is 0.224 e. The molecule has 1 N–H and O–H groups in total. The van der Waals surface area contributed by atoms with Gasteiger partial charge in [-0.25, -0.2) is 9.67 Å². The topological polar surface area (TPSA) is 55.6 Å². The SMILES string of the molecule is CCc1c(C)nn(-c2nc(NC)ncc2C)c1C. The minimum Gasteiger partial charge on any atom is -0.357 e. The summed E-state index contributed by atoms with van der Waals surface area (Å²) in [4.78, 5) is 8.69. The van der Waals surface area contributed by atoms with Crippen molar-refractivity contribution in [2.45, 2.75) is 34.1 Å². The summed E-state index contributed by atoms with van der Waals surface area (Å²) < 4.78 is 1.91. The first-order valence-corrected chi connectivity index (χ1v) is 6.15. The molecule has 5 heteroatoms. The fraction of sp³-hybridized carbons (Fsp3) is 0.462. The van der Waals surface area contributed by atoms with E-state index in [1.165, 1.54) is 5.56 Å². The van der Waals surface area contributed by atoms with Gasteiger partial charge < -0.3 is 5.32 Å². The minimum absolute atomic E-state index is 0.612. The summed E-state index contributed by atoms with van der Waals surface area (Å²) >= 11 is 0. The van der Waals surface area contributed by atoms with E-state index in [1.807, 2.05) is 31.8 Å². The van der Waals surface area contributed by atoms with Crippen LogP contribution in [0.2, 0.25) is 0 Å². The van der Waals surface area contributed by atoms with Gasteiger partial charge in [-0.15, -0.1) is 0 Å². The van der Waals surface area contributed by atoms with E-state index in [1.54, 1.807) is 0 Å². The average Bonchev–Trinajstić information content (AvgIpc) is 2.65. The second kappa shape index (κ2) is 4.76. The molecule has 0 aromatic carbocycles. The van der Waals surface area contributed by atoms with Gasteiger partial charge >= 0.3 is 0 Å². The molecule has 2 aromatic rings. The second-order valence-electron chi connectivity index (χ2n) is 4.36. The van der Waals surface area contributed by atoms with Crippen LogP contribution in [0.15, 0.2) is 6.20 Å². The number of rotatable bonds is 3. The number of nitrogens with zero attached hydrogens (tertiary/aromatic N) is 4. The van der Waals surface area contributed by atoms with Gasteiger partial charge in [-0.1, -0.05) is 6.92 Å². The lowest BCUT2D eigenvalue weighted by atomic mass is 10.1. The number of nitrogens with one attached hydrogen (secondary N) is 1. The number of anilines is 1. The first-order chi connectivity index (χ1) is 8.58. The van der Waals surface area contributed by atoms with Gasteiger partial charge in [-0.3, -0.25) is 0 Å². The molecule has 0 aliphatic rings. The van der Waals surface area contributed by atoms with Crippen LogP contribution in [-0.2, 0) is 6.42 Å². The Labute approximate surface area is 107 Å². The maximum atomic E-state index is 4.59. The van der Waals surface area contributed by atoms with E-state index in [4.69, 9.17) is 0 Å². The van der Waals surface area contributed by atoms with Crippen LogP contribution in [0.25, 0.3) is 5.82 Å². The summed E-state index contributed by atoms with van der Waals surface area (Å²) in [7, 11) is 1.81. The summed E-state index contributed by atoms with van der Waals surface area (Å²) in [5.74, 6) is 1.45. The van der Waals surface area contributed by atoms with E-state index in [-0.39, 0.29) is 0 Å². The van der Waals surface area contributed by atoms with Crippen LogP contribution in [0.5, 0.6) is 0 Å². The Balaban J connectivity index is 2.61. The highest BCUT2D eigenvalue weighted by molar-refractivity contribution is 5.40. The van der Waals surface area contributed by atoms with E-state index in [0.29, 0.717) is 5.95 Å². The molecule has 2 rings (SSSR count). The lowest BCUT2D eigenvalue weighted by molar-refractivity contribution is 0.793. The Morgan fingerprint density at radius 2 is 2.00 bits per heavy atom. The molecule has 2 aromatic heterocycles. The Kier molecular flexibility index (Phi) is 3.32. The molecule has 0 atom stereocenters. The maximum absolute atomic E-state index is 4.59. The van der Waals surface area contributed by atoms with Crippen LogP contribution in [0.1, 0.15) is 29.4 Å². The first kappa shape index (κ1) is 12.5. The molecular weight excluding hydrogens is 226 g/mol. The van der Waals surface area contributed by atoms with Crippen molar-refractivity contribution >= 4 is 5.95 Å². The van der Waals surface area contributed by atoms with Crippen molar-refractivity contribution in [3.05, 3.63) is 28.7 Å². The molecule has 0 aliphatic heterocycles. The summed E-state index contributed by atoms with van der Waals surface area (Å²) in [6, 6.07) is 0. The van der Waals surface area contributed by atoms with Gasteiger partial charge in [0.05, 0.1) is 5.69 Å². The van der Waals surface area contributed by atoms with Crippen LogP contribution in [0.3, 0.4) is 0 Å². The standard InChI is InChI=1S/C13H19N5/c1-6-11-9(3)17-18(10(11)4)12-8(2)7-15-13(14-5)16-12/h7H,6H2,1-5H3,(H,14,15,16). The van der Waals surface area contributed by atoms with Crippen molar-refractivity contribution in [1.82, 2.24) is 19.7 Å². The molecule has 0 fully saturated rings. The summed E-state index contributed by atoms with van der Waals surface area (Å²) in [6.07, 6.45) is 2.80. The van der Waals surface area contributed by atoms with E-state index in [9.17, 15) is 0 Å². The minimum atomic E-state index is 0.612. The predicted octanol–water partition coefficient (Wildman–Crippen LogP) is 2.19. The zero-order valence-corrected chi connectivity index (χ0v) is 11.6. The third-order valence-corrected chi connectivity index (χ3v) is 3.16. The molecule has 0 aliphatic carbocycles. The van der Waals surface area contributed by atoms with E-state index in [0.717, 1.165) is 29.2 Å². The summed E-state index contributed by atoms with van der Waals surface area (Å²) in [5, 5.41) is 7.54. The molecule has 0 saturated carbocycles. The third-order valence-electron chi connectivity index (χ3n) is 3.16. The highest BCUT2D eigenvalue weighted by Gasteiger charge is 2.14. The van der Waals surface area contributed by atoms with Crippen LogP contribution < -0.4 is 5.32 Å². The summed E-state index contributed by atoms with van der Waals surface area (Å²) in [5.41, 5.74) is 4.53. The van der Waals surface area contributed by atoms with E-state index >= 15 is 0 Å². The number of aryl methyl sites for hydroxylation is 2. The molecular formula is C13H19N5. The highest BCUT2D eigenvalue weighted by Crippen LogP contribution is 2.19. The Hall–Kier alpha value is -1.91. The number of hydrogen-bond donors (Lipinski definition) is 1. The van der Waals surface area contributed by atoms with Crippen molar-refractivity contribution in [3.8, 4) is 5.82 Å². The van der Waals surface area contributed by atoms with Crippen LogP contribution >= 0.6 is 0 Å². The van der Waals surface area contributed by atoms with Crippen LogP contribution in [0.4, 0.5) is 5.95 Å². The van der Waals surface area contributed by atoms with Gasteiger partial charge in [0.25, 0.3) is 0 Å². The van der Waals surface area contributed by atoms with Gasteiger partial charge in [-0.2, -0.15) is 10.1 Å². The van der Waals surface area contributed by atoms with Crippen molar-refractivity contribution in [2.75, 3.05) is 12.4 Å². The Morgan fingerprint density at radius 1 is 1.28 bits per heavy atom. The van der Waals surface area contributed by atoms with Crippen LogP contribution in [0, 0.1) is 20.8 Å². The van der Waals surface area contributed by atoms with Crippen molar-refractivity contribution in [2.24, 2.45) is 0 Å². The molecule has 96 valence electrons. The molecule has 0 saturated heterocycles. The smallest absolute Gasteiger partial charge is 0.224 e. The van der Waals surface area contributed by atoms with Crippen molar-refractivity contribution in [3.63, 3.8) is 0 Å². The lowest BCUT2D eigenvalue weighted by Gasteiger charge is -2.08. The van der Waals surface area contributed by atoms with Gasteiger partial charge in [0.2, 0.25) is 5.95 Å². The monoisotopic (exact) mass is 245 g/mol. The molecule has 0 unspecified atom stereocenters. The van der Waals surface area contributed by atoms with E-state index < -0.39 is 0 Å². The highest BCUT2D eigenvalue weighted by atomic mass is 15.3. The number of hydrogen-bond acceptors (Lipinski definition) is 4. The van der Waals surface area contributed by atoms with Gasteiger partial charge in [0.1, 0.15) is 0 Å². The largest absolute Gasteiger partial charge is 0.357 e.